The minimum Gasteiger partial charge on any atom is -0.497 e. The highest BCUT2D eigenvalue weighted by Gasteiger charge is 2.21. The van der Waals surface area contributed by atoms with Gasteiger partial charge in [-0.1, -0.05) is 38.8 Å². The van der Waals surface area contributed by atoms with Crippen molar-refractivity contribution in [1.82, 2.24) is 0 Å². The normalized spacial score (nSPS) is 13.7. The Balaban J connectivity index is 2.91. The second-order valence-electron chi connectivity index (χ2n) is 4.69. The molecule has 0 saturated heterocycles. The van der Waals surface area contributed by atoms with Crippen molar-refractivity contribution in [3.05, 3.63) is 29.8 Å². The van der Waals surface area contributed by atoms with E-state index in [-0.39, 0.29) is 5.92 Å². The molecule has 0 aliphatic heterocycles. The van der Waals surface area contributed by atoms with E-state index in [4.69, 9.17) is 4.74 Å². The molecule has 0 bridgehead atoms. The van der Waals surface area contributed by atoms with Crippen molar-refractivity contribution in [3.63, 3.8) is 0 Å². The van der Waals surface area contributed by atoms with Gasteiger partial charge in [-0.05, 0) is 36.5 Å². The minimum absolute atomic E-state index is 0.128. The van der Waals surface area contributed by atoms with Crippen LogP contribution in [0.5, 0.6) is 5.75 Å². The average molecular weight is 245 g/mol. The topological polar surface area (TPSA) is 33.0 Å². The van der Waals surface area contributed by atoms with Crippen molar-refractivity contribution in [3.8, 4) is 11.8 Å². The molecular weight excluding hydrogens is 222 g/mol. The molecule has 98 valence electrons. The van der Waals surface area contributed by atoms with Crippen LogP contribution in [0.4, 0.5) is 0 Å². The largest absolute Gasteiger partial charge is 0.497 e. The molecular formula is C16H23NO. The maximum atomic E-state index is 9.34. The summed E-state index contributed by atoms with van der Waals surface area (Å²) in [5.41, 5.74) is 1.26. The lowest BCUT2D eigenvalue weighted by atomic mass is 9.81. The number of nitriles is 1. The Hall–Kier alpha value is -1.49. The zero-order chi connectivity index (χ0) is 13.4. The fourth-order valence-electron chi connectivity index (χ4n) is 2.43. The molecule has 2 heteroatoms. The molecule has 0 fully saturated rings. The highest BCUT2D eigenvalue weighted by Crippen LogP contribution is 2.32. The molecule has 0 saturated carbocycles. The van der Waals surface area contributed by atoms with Gasteiger partial charge in [0.05, 0.1) is 19.1 Å². The lowest BCUT2D eigenvalue weighted by Gasteiger charge is -2.22. The summed E-state index contributed by atoms with van der Waals surface area (Å²) < 4.78 is 5.18. The molecule has 0 spiro atoms. The first-order valence-corrected chi connectivity index (χ1v) is 6.80. The van der Waals surface area contributed by atoms with Gasteiger partial charge in [0.15, 0.2) is 0 Å². The predicted octanol–water partition coefficient (Wildman–Crippen LogP) is 4.52. The van der Waals surface area contributed by atoms with E-state index in [9.17, 15) is 5.26 Å². The molecule has 0 aromatic heterocycles. The molecule has 1 aromatic rings. The van der Waals surface area contributed by atoms with Crippen LogP contribution in [0.3, 0.4) is 0 Å². The fourth-order valence-corrected chi connectivity index (χ4v) is 2.43. The van der Waals surface area contributed by atoms with E-state index in [0.717, 1.165) is 31.4 Å². The van der Waals surface area contributed by atoms with Crippen molar-refractivity contribution >= 4 is 0 Å². The SMILES string of the molecule is CCCC(C#N)C(CCC)c1ccc(OC)cc1. The highest BCUT2D eigenvalue weighted by atomic mass is 16.5. The van der Waals surface area contributed by atoms with Gasteiger partial charge < -0.3 is 4.74 Å². The second kappa shape index (κ2) is 7.76. The Bertz CT molecular complexity index is 377. The lowest BCUT2D eigenvalue weighted by Crippen LogP contribution is -2.11. The van der Waals surface area contributed by atoms with Crippen LogP contribution in [-0.2, 0) is 0 Å². The van der Waals surface area contributed by atoms with Crippen molar-refractivity contribution in [2.45, 2.75) is 45.4 Å². The minimum atomic E-state index is 0.128. The molecule has 0 aliphatic rings. The van der Waals surface area contributed by atoms with Crippen LogP contribution in [0.25, 0.3) is 0 Å². The molecule has 0 N–H and O–H groups in total. The second-order valence-corrected chi connectivity index (χ2v) is 4.69. The summed E-state index contributed by atoms with van der Waals surface area (Å²) in [5.74, 6) is 1.35. The summed E-state index contributed by atoms with van der Waals surface area (Å²) in [6, 6.07) is 10.6. The Labute approximate surface area is 111 Å². The maximum absolute atomic E-state index is 9.34. The summed E-state index contributed by atoms with van der Waals surface area (Å²) in [6.07, 6.45) is 4.23. The summed E-state index contributed by atoms with van der Waals surface area (Å²) in [6.45, 7) is 4.32. The van der Waals surface area contributed by atoms with Crippen molar-refractivity contribution in [1.29, 1.82) is 5.26 Å². The molecule has 2 unspecified atom stereocenters. The number of methoxy groups -OCH3 is 1. The molecule has 1 aromatic carbocycles. The number of rotatable bonds is 7. The molecule has 0 amide bonds. The quantitative estimate of drug-likeness (QED) is 0.707. The Morgan fingerprint density at radius 2 is 1.72 bits per heavy atom. The molecule has 18 heavy (non-hydrogen) atoms. The maximum Gasteiger partial charge on any atom is 0.118 e. The Morgan fingerprint density at radius 3 is 2.17 bits per heavy atom. The lowest BCUT2D eigenvalue weighted by molar-refractivity contribution is 0.413. The molecule has 2 atom stereocenters. The van der Waals surface area contributed by atoms with Crippen LogP contribution >= 0.6 is 0 Å². The van der Waals surface area contributed by atoms with Gasteiger partial charge in [0.1, 0.15) is 5.75 Å². The van der Waals surface area contributed by atoms with Crippen molar-refractivity contribution < 1.29 is 4.74 Å². The van der Waals surface area contributed by atoms with Gasteiger partial charge in [-0.3, -0.25) is 0 Å². The van der Waals surface area contributed by atoms with Crippen LogP contribution in [0.15, 0.2) is 24.3 Å². The molecule has 0 heterocycles. The molecule has 1 rings (SSSR count). The van der Waals surface area contributed by atoms with Crippen LogP contribution in [0.1, 0.15) is 51.0 Å². The van der Waals surface area contributed by atoms with Crippen LogP contribution in [0, 0.1) is 17.2 Å². The van der Waals surface area contributed by atoms with E-state index in [2.05, 4.69) is 32.0 Å². The first kappa shape index (κ1) is 14.6. The van der Waals surface area contributed by atoms with E-state index in [1.165, 1.54) is 5.56 Å². The molecule has 0 radical (unpaired) electrons. The monoisotopic (exact) mass is 245 g/mol. The smallest absolute Gasteiger partial charge is 0.118 e. The van der Waals surface area contributed by atoms with Gasteiger partial charge >= 0.3 is 0 Å². The summed E-state index contributed by atoms with van der Waals surface area (Å²) >= 11 is 0. The predicted molar refractivity (Wildman–Crippen MR) is 74.7 cm³/mol. The van der Waals surface area contributed by atoms with Gasteiger partial charge in [-0.2, -0.15) is 5.26 Å². The van der Waals surface area contributed by atoms with Crippen LogP contribution < -0.4 is 4.74 Å². The Kier molecular flexibility index (Phi) is 6.28. The number of hydrogen-bond donors (Lipinski definition) is 0. The third kappa shape index (κ3) is 3.77. The van der Waals surface area contributed by atoms with Crippen LogP contribution in [0.2, 0.25) is 0 Å². The molecule has 0 aliphatic carbocycles. The summed E-state index contributed by atoms with van der Waals surface area (Å²) in [5, 5.41) is 9.34. The average Bonchev–Trinajstić information content (AvgIpc) is 2.43. The third-order valence-electron chi connectivity index (χ3n) is 3.39. The summed E-state index contributed by atoms with van der Waals surface area (Å²) in [4.78, 5) is 0. The van der Waals surface area contributed by atoms with Gasteiger partial charge in [-0.25, -0.2) is 0 Å². The molecule has 2 nitrogen and oxygen atoms in total. The first-order chi connectivity index (χ1) is 8.76. The number of benzene rings is 1. The van der Waals surface area contributed by atoms with E-state index < -0.39 is 0 Å². The number of ether oxygens (including phenoxy) is 1. The van der Waals surface area contributed by atoms with Gasteiger partial charge in [0.25, 0.3) is 0 Å². The van der Waals surface area contributed by atoms with Crippen LogP contribution in [-0.4, -0.2) is 7.11 Å². The third-order valence-corrected chi connectivity index (χ3v) is 3.39. The fraction of sp³-hybridized carbons (Fsp3) is 0.562. The number of hydrogen-bond acceptors (Lipinski definition) is 2. The van der Waals surface area contributed by atoms with Gasteiger partial charge in [0, 0.05) is 0 Å². The standard InChI is InChI=1S/C16H23NO/c1-4-6-14(12-17)16(7-5-2)13-8-10-15(18-3)11-9-13/h8-11,14,16H,4-7H2,1-3H3. The zero-order valence-corrected chi connectivity index (χ0v) is 11.6. The zero-order valence-electron chi connectivity index (χ0n) is 11.6. The van der Waals surface area contributed by atoms with E-state index in [0.29, 0.717) is 5.92 Å². The first-order valence-electron chi connectivity index (χ1n) is 6.80. The van der Waals surface area contributed by atoms with E-state index >= 15 is 0 Å². The van der Waals surface area contributed by atoms with Crippen molar-refractivity contribution in [2.24, 2.45) is 5.92 Å². The number of nitrogens with zero attached hydrogens (tertiary/aromatic N) is 1. The van der Waals surface area contributed by atoms with Crippen molar-refractivity contribution in [2.75, 3.05) is 7.11 Å². The highest BCUT2D eigenvalue weighted by molar-refractivity contribution is 5.30. The van der Waals surface area contributed by atoms with Gasteiger partial charge in [0.2, 0.25) is 0 Å². The van der Waals surface area contributed by atoms with E-state index in [1.807, 2.05) is 12.1 Å². The van der Waals surface area contributed by atoms with Gasteiger partial charge in [-0.15, -0.1) is 0 Å². The Morgan fingerprint density at radius 1 is 1.11 bits per heavy atom. The summed E-state index contributed by atoms with van der Waals surface area (Å²) in [7, 11) is 1.67. The van der Waals surface area contributed by atoms with E-state index in [1.54, 1.807) is 7.11 Å².